The lowest BCUT2D eigenvalue weighted by molar-refractivity contribution is 0.365. The van der Waals surface area contributed by atoms with Gasteiger partial charge in [-0.1, -0.05) is 24.8 Å². The van der Waals surface area contributed by atoms with Gasteiger partial charge in [-0.05, 0) is 63.1 Å². The zero-order chi connectivity index (χ0) is 21.4. The molecule has 0 fully saturated rings. The van der Waals surface area contributed by atoms with Crippen LogP contribution in [0.5, 0.6) is 5.75 Å². The highest BCUT2D eigenvalue weighted by Crippen LogP contribution is 2.25. The Labute approximate surface area is 175 Å². The summed E-state index contributed by atoms with van der Waals surface area (Å²) in [5, 5.41) is 4.77. The van der Waals surface area contributed by atoms with E-state index in [9.17, 15) is 4.79 Å². The van der Waals surface area contributed by atoms with E-state index in [1.54, 1.807) is 24.4 Å². The predicted molar refractivity (Wildman–Crippen MR) is 119 cm³/mol. The minimum Gasteiger partial charge on any atom is -0.486 e. The number of fused-ring (bicyclic) bond motifs is 1. The van der Waals surface area contributed by atoms with Crippen LogP contribution >= 0.6 is 0 Å². The van der Waals surface area contributed by atoms with Crippen molar-refractivity contribution in [2.75, 3.05) is 6.61 Å². The second kappa shape index (κ2) is 7.63. The molecule has 0 aliphatic carbocycles. The van der Waals surface area contributed by atoms with Crippen LogP contribution in [0.25, 0.3) is 22.6 Å². The lowest BCUT2D eigenvalue weighted by Crippen LogP contribution is -2.19. The van der Waals surface area contributed by atoms with Crippen molar-refractivity contribution < 1.29 is 4.74 Å². The van der Waals surface area contributed by atoms with Crippen LogP contribution in [0.15, 0.2) is 60.0 Å². The van der Waals surface area contributed by atoms with Crippen LogP contribution in [-0.2, 0) is 0 Å². The van der Waals surface area contributed by atoms with Crippen LogP contribution in [0.3, 0.4) is 0 Å². The maximum absolute atomic E-state index is 13.4. The maximum atomic E-state index is 13.4. The van der Waals surface area contributed by atoms with Gasteiger partial charge in [-0.25, -0.2) is 9.67 Å². The Hall–Kier alpha value is -3.67. The molecule has 0 spiro atoms. The van der Waals surface area contributed by atoms with Crippen molar-refractivity contribution in [3.63, 3.8) is 0 Å². The Morgan fingerprint density at radius 3 is 2.70 bits per heavy atom. The molecule has 0 saturated carbocycles. The van der Waals surface area contributed by atoms with Crippen LogP contribution in [0, 0.1) is 27.7 Å². The molecule has 6 heteroatoms. The summed E-state index contributed by atoms with van der Waals surface area (Å²) in [5.41, 5.74) is 6.24. The SMILES string of the molecule is C=CCOc1cccn2c(=O)c(-c3cc(C)n(-c4cc(C)ccc4C)n3)c(C)nc12. The van der Waals surface area contributed by atoms with Crippen LogP contribution in [0.2, 0.25) is 0 Å². The third-order valence-electron chi connectivity index (χ3n) is 5.09. The minimum atomic E-state index is -0.174. The largest absolute Gasteiger partial charge is 0.486 e. The van der Waals surface area contributed by atoms with Gasteiger partial charge in [0.15, 0.2) is 11.4 Å². The number of pyridine rings is 1. The first-order chi connectivity index (χ1) is 14.4. The van der Waals surface area contributed by atoms with Crippen LogP contribution < -0.4 is 10.3 Å². The highest BCUT2D eigenvalue weighted by Gasteiger charge is 2.18. The van der Waals surface area contributed by atoms with Gasteiger partial charge in [0.2, 0.25) is 0 Å². The summed E-state index contributed by atoms with van der Waals surface area (Å²) in [5.74, 6) is 0.543. The third kappa shape index (κ3) is 3.30. The van der Waals surface area contributed by atoms with E-state index in [2.05, 4.69) is 43.6 Å². The average molecular weight is 400 g/mol. The first kappa shape index (κ1) is 19.6. The summed E-state index contributed by atoms with van der Waals surface area (Å²) in [6, 6.07) is 11.7. The van der Waals surface area contributed by atoms with Crippen molar-refractivity contribution in [1.82, 2.24) is 19.2 Å². The van der Waals surface area contributed by atoms with Crippen LogP contribution in [0.4, 0.5) is 0 Å². The highest BCUT2D eigenvalue weighted by molar-refractivity contribution is 5.66. The lowest BCUT2D eigenvalue weighted by atomic mass is 10.1. The maximum Gasteiger partial charge on any atom is 0.267 e. The summed E-state index contributed by atoms with van der Waals surface area (Å²) < 4.78 is 9.06. The van der Waals surface area contributed by atoms with E-state index in [-0.39, 0.29) is 5.56 Å². The molecule has 3 aromatic heterocycles. The molecule has 0 atom stereocenters. The van der Waals surface area contributed by atoms with Gasteiger partial charge in [0.1, 0.15) is 12.3 Å². The zero-order valence-electron chi connectivity index (χ0n) is 17.6. The second-order valence-electron chi connectivity index (χ2n) is 7.42. The van der Waals surface area contributed by atoms with Gasteiger partial charge in [0, 0.05) is 11.9 Å². The standard InChI is InChI=1S/C24H24N4O2/c1-6-12-30-21-8-7-11-27-23(21)25-18(5)22(24(27)29)19-14-17(4)28(26-19)20-13-15(2)9-10-16(20)3/h6-11,13-14H,1,12H2,2-5H3. The number of rotatable bonds is 5. The van der Waals surface area contributed by atoms with E-state index in [1.807, 2.05) is 24.6 Å². The van der Waals surface area contributed by atoms with E-state index < -0.39 is 0 Å². The van der Waals surface area contributed by atoms with Crippen molar-refractivity contribution in [3.05, 3.63) is 88.1 Å². The molecular weight excluding hydrogens is 376 g/mol. The smallest absolute Gasteiger partial charge is 0.267 e. The summed E-state index contributed by atoms with van der Waals surface area (Å²) in [6.07, 6.45) is 3.36. The number of aryl methyl sites for hydroxylation is 4. The molecule has 0 unspecified atom stereocenters. The van der Waals surface area contributed by atoms with E-state index in [1.165, 1.54) is 4.40 Å². The molecule has 1 aromatic carbocycles. The van der Waals surface area contributed by atoms with E-state index in [0.29, 0.717) is 35.0 Å². The molecule has 152 valence electrons. The molecule has 30 heavy (non-hydrogen) atoms. The molecule has 0 bridgehead atoms. The lowest BCUT2D eigenvalue weighted by Gasteiger charge is -2.11. The fourth-order valence-corrected chi connectivity index (χ4v) is 3.59. The average Bonchev–Trinajstić information content (AvgIpc) is 3.09. The summed E-state index contributed by atoms with van der Waals surface area (Å²) >= 11 is 0. The van der Waals surface area contributed by atoms with Gasteiger partial charge in [-0.3, -0.25) is 9.20 Å². The quantitative estimate of drug-likeness (QED) is 0.468. The Bertz CT molecular complexity index is 1330. The van der Waals surface area contributed by atoms with Gasteiger partial charge < -0.3 is 4.74 Å². The summed E-state index contributed by atoms with van der Waals surface area (Å²) in [6.45, 7) is 11.9. The highest BCUT2D eigenvalue weighted by atomic mass is 16.5. The first-order valence-electron chi connectivity index (χ1n) is 9.81. The van der Waals surface area contributed by atoms with Gasteiger partial charge in [-0.2, -0.15) is 5.10 Å². The molecule has 0 amide bonds. The summed E-state index contributed by atoms with van der Waals surface area (Å²) in [4.78, 5) is 18.0. The Morgan fingerprint density at radius 2 is 1.93 bits per heavy atom. The Kier molecular flexibility index (Phi) is 4.99. The minimum absolute atomic E-state index is 0.174. The van der Waals surface area contributed by atoms with E-state index in [4.69, 9.17) is 9.84 Å². The number of nitrogens with zero attached hydrogens (tertiary/aromatic N) is 4. The number of ether oxygens (including phenoxy) is 1. The van der Waals surface area contributed by atoms with Crippen molar-refractivity contribution in [2.45, 2.75) is 27.7 Å². The van der Waals surface area contributed by atoms with Crippen LogP contribution in [-0.4, -0.2) is 25.8 Å². The molecule has 3 heterocycles. The zero-order valence-corrected chi connectivity index (χ0v) is 17.6. The molecule has 0 aliphatic heterocycles. The third-order valence-corrected chi connectivity index (χ3v) is 5.09. The first-order valence-corrected chi connectivity index (χ1v) is 9.81. The molecule has 6 nitrogen and oxygen atoms in total. The van der Waals surface area contributed by atoms with Crippen molar-refractivity contribution in [1.29, 1.82) is 0 Å². The normalized spacial score (nSPS) is 11.1. The van der Waals surface area contributed by atoms with E-state index in [0.717, 1.165) is 22.5 Å². The van der Waals surface area contributed by atoms with Crippen molar-refractivity contribution in [2.24, 2.45) is 0 Å². The number of hydrogen-bond donors (Lipinski definition) is 0. The molecule has 0 aliphatic rings. The number of aromatic nitrogens is 4. The monoisotopic (exact) mass is 400 g/mol. The molecule has 4 aromatic rings. The molecule has 0 saturated heterocycles. The van der Waals surface area contributed by atoms with Crippen molar-refractivity contribution in [3.8, 4) is 22.7 Å². The molecule has 0 radical (unpaired) electrons. The fourth-order valence-electron chi connectivity index (χ4n) is 3.59. The molecule has 0 N–H and O–H groups in total. The molecule has 4 rings (SSSR count). The van der Waals surface area contributed by atoms with Gasteiger partial charge in [-0.15, -0.1) is 0 Å². The Balaban J connectivity index is 1.90. The van der Waals surface area contributed by atoms with Crippen LogP contribution in [0.1, 0.15) is 22.5 Å². The predicted octanol–water partition coefficient (Wildman–Crippen LogP) is 4.35. The molecular formula is C24H24N4O2. The van der Waals surface area contributed by atoms with E-state index >= 15 is 0 Å². The topological polar surface area (TPSA) is 61.4 Å². The second-order valence-corrected chi connectivity index (χ2v) is 7.42. The van der Waals surface area contributed by atoms with Gasteiger partial charge in [0.25, 0.3) is 5.56 Å². The number of benzene rings is 1. The Morgan fingerprint density at radius 1 is 1.13 bits per heavy atom. The summed E-state index contributed by atoms with van der Waals surface area (Å²) in [7, 11) is 0. The van der Waals surface area contributed by atoms with Crippen molar-refractivity contribution >= 4 is 5.65 Å². The number of hydrogen-bond acceptors (Lipinski definition) is 4. The van der Waals surface area contributed by atoms with Gasteiger partial charge in [0.05, 0.1) is 16.9 Å². The van der Waals surface area contributed by atoms with Gasteiger partial charge >= 0.3 is 0 Å². The fraction of sp³-hybridized carbons (Fsp3) is 0.208.